The fraction of sp³-hybridized carbons (Fsp3) is 0.0500. The summed E-state index contributed by atoms with van der Waals surface area (Å²) in [4.78, 5) is 12.3. The molecular formula is C20H15ClFNO2. The molecule has 0 spiro atoms. The van der Waals surface area contributed by atoms with Crippen LogP contribution in [0.5, 0.6) is 5.75 Å². The second-order valence-corrected chi connectivity index (χ2v) is 5.75. The van der Waals surface area contributed by atoms with E-state index in [4.69, 9.17) is 16.3 Å². The Balaban J connectivity index is 1.70. The fourth-order valence-electron chi connectivity index (χ4n) is 2.26. The van der Waals surface area contributed by atoms with Crippen molar-refractivity contribution in [3.8, 4) is 5.75 Å². The zero-order valence-corrected chi connectivity index (χ0v) is 14.0. The fourth-order valence-corrected chi connectivity index (χ4v) is 2.45. The number of carbonyl (C=O) groups is 1. The van der Waals surface area contributed by atoms with E-state index in [-0.39, 0.29) is 12.3 Å². The first-order chi connectivity index (χ1) is 12.1. The Morgan fingerprint density at radius 3 is 2.56 bits per heavy atom. The van der Waals surface area contributed by atoms with E-state index < -0.39 is 11.7 Å². The lowest BCUT2D eigenvalue weighted by Gasteiger charge is -2.10. The van der Waals surface area contributed by atoms with E-state index in [2.05, 4.69) is 5.32 Å². The van der Waals surface area contributed by atoms with Gasteiger partial charge in [0.2, 0.25) is 0 Å². The van der Waals surface area contributed by atoms with Crippen molar-refractivity contribution in [3.05, 3.63) is 94.8 Å². The Kier molecular flexibility index (Phi) is 5.31. The van der Waals surface area contributed by atoms with Crippen LogP contribution in [0.4, 0.5) is 10.1 Å². The normalized spacial score (nSPS) is 10.3. The van der Waals surface area contributed by atoms with Crippen molar-refractivity contribution in [2.24, 2.45) is 0 Å². The lowest BCUT2D eigenvalue weighted by atomic mass is 10.2. The van der Waals surface area contributed by atoms with Crippen LogP contribution in [0.15, 0.2) is 72.8 Å². The molecule has 126 valence electrons. The van der Waals surface area contributed by atoms with Gasteiger partial charge in [-0.2, -0.15) is 0 Å². The standard InChI is InChI=1S/C20H15ClFNO2/c21-17-9-2-1-6-15(17)13-25-16-8-5-7-14(12-16)20(24)23-19-11-4-3-10-18(19)22/h1-12H,13H2,(H,23,24). The van der Waals surface area contributed by atoms with Crippen molar-refractivity contribution in [3.63, 3.8) is 0 Å². The third kappa shape index (κ3) is 4.37. The second kappa shape index (κ2) is 7.81. The first-order valence-electron chi connectivity index (χ1n) is 7.65. The third-order valence-corrected chi connectivity index (χ3v) is 3.94. The highest BCUT2D eigenvalue weighted by molar-refractivity contribution is 6.31. The Bertz CT molecular complexity index is 898. The molecule has 0 aliphatic carbocycles. The SMILES string of the molecule is O=C(Nc1ccccc1F)c1cccc(OCc2ccccc2Cl)c1. The smallest absolute Gasteiger partial charge is 0.255 e. The molecule has 3 aromatic rings. The molecule has 3 nitrogen and oxygen atoms in total. The van der Waals surface area contributed by atoms with E-state index in [0.29, 0.717) is 16.3 Å². The first kappa shape index (κ1) is 17.0. The van der Waals surface area contributed by atoms with Crippen LogP contribution in [0.3, 0.4) is 0 Å². The molecule has 0 saturated heterocycles. The topological polar surface area (TPSA) is 38.3 Å². The quantitative estimate of drug-likeness (QED) is 0.673. The maximum atomic E-state index is 13.6. The molecule has 0 unspecified atom stereocenters. The van der Waals surface area contributed by atoms with Gasteiger partial charge in [0.25, 0.3) is 5.91 Å². The molecular weight excluding hydrogens is 341 g/mol. The zero-order valence-electron chi connectivity index (χ0n) is 13.2. The molecule has 0 aliphatic rings. The van der Waals surface area contributed by atoms with Crippen LogP contribution in [0, 0.1) is 5.82 Å². The van der Waals surface area contributed by atoms with E-state index in [0.717, 1.165) is 5.56 Å². The predicted octanol–water partition coefficient (Wildman–Crippen LogP) is 5.31. The molecule has 1 amide bonds. The number of benzene rings is 3. The van der Waals surface area contributed by atoms with Crippen molar-refractivity contribution in [2.45, 2.75) is 6.61 Å². The summed E-state index contributed by atoms with van der Waals surface area (Å²) in [5.41, 5.74) is 1.36. The van der Waals surface area contributed by atoms with E-state index in [1.165, 1.54) is 12.1 Å². The van der Waals surface area contributed by atoms with Crippen LogP contribution in [0.2, 0.25) is 5.02 Å². The number of carbonyl (C=O) groups excluding carboxylic acids is 1. The molecule has 0 atom stereocenters. The van der Waals surface area contributed by atoms with Gasteiger partial charge < -0.3 is 10.1 Å². The van der Waals surface area contributed by atoms with Crippen LogP contribution in [-0.2, 0) is 6.61 Å². The molecule has 0 aliphatic heterocycles. The van der Waals surface area contributed by atoms with Gasteiger partial charge in [0.15, 0.2) is 0 Å². The summed E-state index contributed by atoms with van der Waals surface area (Å²) in [5, 5.41) is 3.17. The van der Waals surface area contributed by atoms with E-state index in [9.17, 15) is 9.18 Å². The summed E-state index contributed by atoms with van der Waals surface area (Å²) in [5.74, 6) is -0.364. The Labute approximate surface area is 150 Å². The maximum Gasteiger partial charge on any atom is 0.255 e. The van der Waals surface area contributed by atoms with Crippen LogP contribution < -0.4 is 10.1 Å². The summed E-state index contributed by atoms with van der Waals surface area (Å²) < 4.78 is 19.3. The van der Waals surface area contributed by atoms with Gasteiger partial charge in [0.1, 0.15) is 18.2 Å². The third-order valence-electron chi connectivity index (χ3n) is 3.57. The van der Waals surface area contributed by atoms with E-state index in [1.54, 1.807) is 42.5 Å². The van der Waals surface area contributed by atoms with Gasteiger partial charge in [-0.25, -0.2) is 4.39 Å². The molecule has 25 heavy (non-hydrogen) atoms. The number of hydrogen-bond donors (Lipinski definition) is 1. The molecule has 3 aromatic carbocycles. The minimum absolute atomic E-state index is 0.134. The number of halogens is 2. The van der Waals surface area contributed by atoms with E-state index in [1.807, 2.05) is 18.2 Å². The molecule has 0 fully saturated rings. The summed E-state index contributed by atoms with van der Waals surface area (Å²) >= 11 is 6.10. The van der Waals surface area contributed by atoms with Crippen LogP contribution >= 0.6 is 11.6 Å². The largest absolute Gasteiger partial charge is 0.489 e. The lowest BCUT2D eigenvalue weighted by Crippen LogP contribution is -2.13. The van der Waals surface area contributed by atoms with Gasteiger partial charge >= 0.3 is 0 Å². The van der Waals surface area contributed by atoms with Crippen molar-refractivity contribution in [2.75, 3.05) is 5.32 Å². The summed E-state index contributed by atoms with van der Waals surface area (Å²) in [6, 6.07) is 20.1. The molecule has 5 heteroatoms. The highest BCUT2D eigenvalue weighted by atomic mass is 35.5. The van der Waals surface area contributed by atoms with Gasteiger partial charge in [-0.05, 0) is 36.4 Å². The van der Waals surface area contributed by atoms with Gasteiger partial charge in [0, 0.05) is 16.1 Å². The number of ether oxygens (including phenoxy) is 1. The number of nitrogens with one attached hydrogen (secondary N) is 1. The molecule has 0 aromatic heterocycles. The summed E-state index contributed by atoms with van der Waals surface area (Å²) in [6.45, 7) is 0.290. The highest BCUT2D eigenvalue weighted by Gasteiger charge is 2.10. The monoisotopic (exact) mass is 355 g/mol. The lowest BCUT2D eigenvalue weighted by molar-refractivity contribution is 0.102. The van der Waals surface area contributed by atoms with Gasteiger partial charge in [0.05, 0.1) is 5.69 Å². The number of anilines is 1. The Morgan fingerprint density at radius 1 is 1.00 bits per heavy atom. The molecule has 3 rings (SSSR count). The Morgan fingerprint density at radius 2 is 1.76 bits per heavy atom. The first-order valence-corrected chi connectivity index (χ1v) is 8.03. The summed E-state index contributed by atoms with van der Waals surface area (Å²) in [6.07, 6.45) is 0. The second-order valence-electron chi connectivity index (χ2n) is 5.34. The number of rotatable bonds is 5. The van der Waals surface area contributed by atoms with Gasteiger partial charge in [-0.1, -0.05) is 48.0 Å². The zero-order chi connectivity index (χ0) is 17.6. The highest BCUT2D eigenvalue weighted by Crippen LogP contribution is 2.20. The van der Waals surface area contributed by atoms with Crippen LogP contribution in [0.1, 0.15) is 15.9 Å². The number of para-hydroxylation sites is 1. The average Bonchev–Trinajstić information content (AvgIpc) is 2.63. The molecule has 0 heterocycles. The molecule has 1 N–H and O–H groups in total. The minimum Gasteiger partial charge on any atom is -0.489 e. The van der Waals surface area contributed by atoms with Crippen molar-refractivity contribution >= 4 is 23.2 Å². The minimum atomic E-state index is -0.484. The molecule has 0 radical (unpaired) electrons. The van der Waals surface area contributed by atoms with Crippen molar-refractivity contribution in [1.82, 2.24) is 0 Å². The van der Waals surface area contributed by atoms with Crippen LogP contribution in [-0.4, -0.2) is 5.91 Å². The van der Waals surface area contributed by atoms with Gasteiger partial charge in [-0.15, -0.1) is 0 Å². The van der Waals surface area contributed by atoms with Crippen LogP contribution in [0.25, 0.3) is 0 Å². The number of hydrogen-bond acceptors (Lipinski definition) is 2. The molecule has 0 saturated carbocycles. The Hall–Kier alpha value is -2.85. The van der Waals surface area contributed by atoms with Crippen molar-refractivity contribution in [1.29, 1.82) is 0 Å². The maximum absolute atomic E-state index is 13.6. The number of amides is 1. The summed E-state index contributed by atoms with van der Waals surface area (Å²) in [7, 11) is 0. The van der Waals surface area contributed by atoms with E-state index >= 15 is 0 Å². The molecule has 0 bridgehead atoms. The average molecular weight is 356 g/mol. The van der Waals surface area contributed by atoms with Gasteiger partial charge in [-0.3, -0.25) is 4.79 Å². The predicted molar refractivity (Wildman–Crippen MR) is 96.6 cm³/mol. The van der Waals surface area contributed by atoms with Crippen molar-refractivity contribution < 1.29 is 13.9 Å².